The van der Waals surface area contributed by atoms with E-state index < -0.39 is 0 Å². The topological polar surface area (TPSA) is 26.9 Å². The van der Waals surface area contributed by atoms with E-state index in [4.69, 9.17) is 0 Å². The Morgan fingerprint density at radius 1 is 0.857 bits per heavy atom. The van der Waals surface area contributed by atoms with Crippen LogP contribution in [0.5, 0.6) is 0 Å². The standard InChI is InChI=1S/C7H8.C5H5NO/c1-7-5-3-2-4-6-7;7-6-4-2-1-3-5-6/h2-6H,1H3;1-5H. The molecule has 0 spiro atoms. The average molecular weight is 187 g/mol. The molecule has 0 saturated heterocycles. The van der Waals surface area contributed by atoms with Crippen LogP contribution in [0.1, 0.15) is 5.56 Å². The van der Waals surface area contributed by atoms with Gasteiger partial charge in [0.15, 0.2) is 12.4 Å². The molecular formula is C12H13NO. The normalized spacial score (nSPS) is 8.64. The summed E-state index contributed by atoms with van der Waals surface area (Å²) >= 11 is 0. The molecular weight excluding hydrogens is 174 g/mol. The lowest BCUT2D eigenvalue weighted by molar-refractivity contribution is -0.605. The van der Waals surface area contributed by atoms with Crippen molar-refractivity contribution in [1.82, 2.24) is 0 Å². The zero-order valence-corrected chi connectivity index (χ0v) is 8.13. The molecule has 0 bridgehead atoms. The summed E-state index contributed by atoms with van der Waals surface area (Å²) in [5.74, 6) is 0. The van der Waals surface area contributed by atoms with Gasteiger partial charge in [0.1, 0.15) is 0 Å². The second kappa shape index (κ2) is 5.75. The van der Waals surface area contributed by atoms with Crippen molar-refractivity contribution in [2.75, 3.05) is 0 Å². The van der Waals surface area contributed by atoms with E-state index in [1.807, 2.05) is 18.2 Å². The van der Waals surface area contributed by atoms with Gasteiger partial charge >= 0.3 is 0 Å². The second-order valence-electron chi connectivity index (χ2n) is 2.89. The highest BCUT2D eigenvalue weighted by molar-refractivity contribution is 5.11. The van der Waals surface area contributed by atoms with Crippen molar-refractivity contribution in [3.05, 3.63) is 71.7 Å². The van der Waals surface area contributed by atoms with Gasteiger partial charge in [-0.15, -0.1) is 0 Å². The molecule has 0 aliphatic rings. The third-order valence-electron chi connectivity index (χ3n) is 1.63. The zero-order valence-electron chi connectivity index (χ0n) is 8.13. The summed E-state index contributed by atoms with van der Waals surface area (Å²) in [4.78, 5) is 0. The average Bonchev–Trinajstić information content (AvgIpc) is 2.21. The molecule has 2 heteroatoms. The number of rotatable bonds is 0. The van der Waals surface area contributed by atoms with E-state index >= 15 is 0 Å². The van der Waals surface area contributed by atoms with Crippen molar-refractivity contribution in [3.8, 4) is 0 Å². The first-order valence-corrected chi connectivity index (χ1v) is 4.44. The van der Waals surface area contributed by atoms with Crippen LogP contribution in [0.2, 0.25) is 0 Å². The SMILES string of the molecule is Cc1ccccc1.[O-][n+]1ccccc1. The Labute approximate surface area is 84.0 Å². The lowest BCUT2D eigenvalue weighted by Gasteiger charge is -1.88. The summed E-state index contributed by atoms with van der Waals surface area (Å²) in [6.07, 6.45) is 2.89. The largest absolute Gasteiger partial charge is 0.619 e. The van der Waals surface area contributed by atoms with E-state index in [9.17, 15) is 5.21 Å². The Morgan fingerprint density at radius 3 is 1.64 bits per heavy atom. The van der Waals surface area contributed by atoms with Crippen molar-refractivity contribution in [1.29, 1.82) is 0 Å². The maximum atomic E-state index is 10.2. The molecule has 0 aliphatic heterocycles. The molecule has 0 aliphatic carbocycles. The van der Waals surface area contributed by atoms with E-state index in [2.05, 4.69) is 19.1 Å². The van der Waals surface area contributed by atoms with Crippen LogP contribution < -0.4 is 4.73 Å². The van der Waals surface area contributed by atoms with Crippen molar-refractivity contribution in [2.24, 2.45) is 0 Å². The van der Waals surface area contributed by atoms with Crippen LogP contribution in [0, 0.1) is 12.1 Å². The summed E-state index contributed by atoms with van der Waals surface area (Å²) < 4.78 is 0.750. The van der Waals surface area contributed by atoms with E-state index in [-0.39, 0.29) is 0 Å². The van der Waals surface area contributed by atoms with Crippen LogP contribution in [0.25, 0.3) is 0 Å². The molecule has 1 aromatic heterocycles. The fraction of sp³-hybridized carbons (Fsp3) is 0.0833. The molecule has 1 heterocycles. The van der Waals surface area contributed by atoms with E-state index in [0.29, 0.717) is 0 Å². The third kappa shape index (κ3) is 4.26. The Hall–Kier alpha value is -1.83. The zero-order chi connectivity index (χ0) is 10.2. The van der Waals surface area contributed by atoms with Gasteiger partial charge in [0.05, 0.1) is 0 Å². The fourth-order valence-corrected chi connectivity index (χ4v) is 0.917. The molecule has 0 N–H and O–H groups in total. The summed E-state index contributed by atoms with van der Waals surface area (Å²) in [6.45, 7) is 2.08. The minimum atomic E-state index is 0.750. The highest BCUT2D eigenvalue weighted by Crippen LogP contribution is 1.92. The third-order valence-corrected chi connectivity index (χ3v) is 1.63. The highest BCUT2D eigenvalue weighted by atomic mass is 16.5. The monoisotopic (exact) mass is 187 g/mol. The maximum Gasteiger partial charge on any atom is 0.180 e. The first-order chi connectivity index (χ1) is 6.79. The number of aryl methyl sites for hydroxylation is 1. The molecule has 2 aromatic rings. The minimum absolute atomic E-state index is 0.750. The van der Waals surface area contributed by atoms with Crippen molar-refractivity contribution < 1.29 is 4.73 Å². The Bertz CT molecular complexity index is 308. The molecule has 0 atom stereocenters. The van der Waals surface area contributed by atoms with Crippen molar-refractivity contribution in [2.45, 2.75) is 6.92 Å². The molecule has 2 rings (SSSR count). The van der Waals surface area contributed by atoms with Gasteiger partial charge in [0, 0.05) is 12.1 Å². The number of hydrogen-bond donors (Lipinski definition) is 0. The number of nitrogens with zero attached hydrogens (tertiary/aromatic N) is 1. The maximum absolute atomic E-state index is 10.2. The Morgan fingerprint density at radius 2 is 1.36 bits per heavy atom. The Kier molecular flexibility index (Phi) is 4.21. The lowest BCUT2D eigenvalue weighted by Crippen LogP contribution is -2.22. The van der Waals surface area contributed by atoms with Gasteiger partial charge in [0.2, 0.25) is 0 Å². The van der Waals surface area contributed by atoms with E-state index in [1.54, 1.807) is 18.2 Å². The number of benzene rings is 1. The molecule has 0 radical (unpaired) electrons. The highest BCUT2D eigenvalue weighted by Gasteiger charge is 1.75. The quantitative estimate of drug-likeness (QED) is 0.459. The van der Waals surface area contributed by atoms with Gasteiger partial charge in [-0.25, -0.2) is 0 Å². The van der Waals surface area contributed by atoms with E-state index in [1.165, 1.54) is 18.0 Å². The summed E-state index contributed by atoms with van der Waals surface area (Å²) in [6, 6.07) is 15.4. The van der Waals surface area contributed by atoms with Crippen LogP contribution in [-0.4, -0.2) is 0 Å². The molecule has 0 amide bonds. The molecule has 0 fully saturated rings. The smallest absolute Gasteiger partial charge is 0.180 e. The molecule has 0 saturated carbocycles. The predicted octanol–water partition coefficient (Wildman–Crippen LogP) is 2.32. The number of hydrogen-bond acceptors (Lipinski definition) is 1. The van der Waals surface area contributed by atoms with Gasteiger partial charge in [-0.05, 0) is 6.92 Å². The summed E-state index contributed by atoms with van der Waals surface area (Å²) in [5.41, 5.74) is 1.32. The van der Waals surface area contributed by atoms with Crippen LogP contribution in [0.15, 0.2) is 60.9 Å². The molecule has 2 nitrogen and oxygen atoms in total. The van der Waals surface area contributed by atoms with Gasteiger partial charge in [-0.1, -0.05) is 42.0 Å². The van der Waals surface area contributed by atoms with Gasteiger partial charge in [-0.3, -0.25) is 0 Å². The second-order valence-corrected chi connectivity index (χ2v) is 2.89. The van der Waals surface area contributed by atoms with E-state index in [0.717, 1.165) is 4.73 Å². The number of pyridine rings is 1. The van der Waals surface area contributed by atoms with Crippen LogP contribution in [-0.2, 0) is 0 Å². The minimum Gasteiger partial charge on any atom is -0.619 e. The van der Waals surface area contributed by atoms with Crippen molar-refractivity contribution in [3.63, 3.8) is 0 Å². The molecule has 72 valence electrons. The molecule has 14 heavy (non-hydrogen) atoms. The summed E-state index contributed by atoms with van der Waals surface area (Å²) in [7, 11) is 0. The van der Waals surface area contributed by atoms with Gasteiger partial charge in [0.25, 0.3) is 0 Å². The van der Waals surface area contributed by atoms with Crippen LogP contribution >= 0.6 is 0 Å². The lowest BCUT2D eigenvalue weighted by atomic mass is 10.2. The first kappa shape index (κ1) is 10.3. The van der Waals surface area contributed by atoms with Crippen LogP contribution in [0.3, 0.4) is 0 Å². The summed E-state index contributed by atoms with van der Waals surface area (Å²) in [5, 5.41) is 10.2. The molecule has 0 unspecified atom stereocenters. The van der Waals surface area contributed by atoms with Crippen molar-refractivity contribution >= 4 is 0 Å². The van der Waals surface area contributed by atoms with Gasteiger partial charge < -0.3 is 5.21 Å². The molecule has 1 aromatic carbocycles. The number of aromatic nitrogens is 1. The first-order valence-electron chi connectivity index (χ1n) is 4.44. The fourth-order valence-electron chi connectivity index (χ4n) is 0.917. The van der Waals surface area contributed by atoms with Gasteiger partial charge in [-0.2, -0.15) is 4.73 Å². The predicted molar refractivity (Wildman–Crippen MR) is 56.6 cm³/mol. The van der Waals surface area contributed by atoms with Crippen LogP contribution in [0.4, 0.5) is 0 Å². The Balaban J connectivity index is 0.000000140.